The molecule has 1 aromatic carbocycles. The summed E-state index contributed by atoms with van der Waals surface area (Å²) in [5, 5.41) is 10.6. The molecule has 8 heteroatoms. The van der Waals surface area contributed by atoms with Gasteiger partial charge in [0, 0.05) is 10.4 Å². The number of carbonyl (C=O) groups excluding carboxylic acids is 1. The zero-order valence-electron chi connectivity index (χ0n) is 16.2. The second kappa shape index (κ2) is 7.42. The van der Waals surface area contributed by atoms with Crippen LogP contribution in [0.4, 0.5) is 0 Å². The van der Waals surface area contributed by atoms with Crippen LogP contribution < -0.4 is 4.74 Å². The Morgan fingerprint density at radius 3 is 3.14 bits per heavy atom. The summed E-state index contributed by atoms with van der Waals surface area (Å²) in [7, 11) is 1.60. The van der Waals surface area contributed by atoms with E-state index in [-0.39, 0.29) is 11.5 Å². The lowest BCUT2D eigenvalue weighted by Gasteiger charge is -2.17. The predicted molar refractivity (Wildman–Crippen MR) is 115 cm³/mol. The van der Waals surface area contributed by atoms with Crippen molar-refractivity contribution in [1.82, 2.24) is 19.6 Å². The monoisotopic (exact) mass is 424 g/mol. The fourth-order valence-electron chi connectivity index (χ4n) is 3.83. The molecule has 1 atom stereocenters. The van der Waals surface area contributed by atoms with Gasteiger partial charge in [-0.05, 0) is 42.9 Å². The van der Waals surface area contributed by atoms with Crippen molar-refractivity contribution >= 4 is 44.7 Å². The summed E-state index contributed by atoms with van der Waals surface area (Å²) >= 11 is 3.17. The van der Waals surface area contributed by atoms with Gasteiger partial charge >= 0.3 is 0 Å². The normalized spacial score (nSPS) is 16.3. The molecule has 4 aromatic rings. The molecule has 0 bridgehead atoms. The molecule has 0 radical (unpaired) electrons. The molecule has 0 N–H and O–H groups in total. The summed E-state index contributed by atoms with van der Waals surface area (Å²) < 4.78 is 7.12. The number of carbonyl (C=O) groups is 1. The Kier molecular flexibility index (Phi) is 4.75. The molecule has 148 valence electrons. The summed E-state index contributed by atoms with van der Waals surface area (Å²) in [5.41, 5.74) is 2.86. The number of benzene rings is 1. The number of ether oxygens (including phenoxy) is 1. The van der Waals surface area contributed by atoms with Crippen molar-refractivity contribution in [3.05, 3.63) is 46.6 Å². The lowest BCUT2D eigenvalue weighted by atomic mass is 9.89. The van der Waals surface area contributed by atoms with Gasteiger partial charge in [-0.2, -0.15) is 0 Å². The van der Waals surface area contributed by atoms with Crippen molar-refractivity contribution in [2.45, 2.75) is 31.3 Å². The van der Waals surface area contributed by atoms with E-state index >= 15 is 0 Å². The first kappa shape index (κ1) is 18.6. The first-order valence-corrected chi connectivity index (χ1v) is 11.4. The van der Waals surface area contributed by atoms with Crippen LogP contribution in [0.1, 0.15) is 34.1 Å². The number of hydrogen-bond acceptors (Lipinski definition) is 7. The second-order valence-electron chi connectivity index (χ2n) is 7.40. The van der Waals surface area contributed by atoms with Crippen LogP contribution in [0, 0.1) is 5.92 Å². The third-order valence-electron chi connectivity index (χ3n) is 5.40. The lowest BCUT2D eigenvalue weighted by Crippen LogP contribution is -2.08. The Morgan fingerprint density at radius 2 is 2.28 bits per heavy atom. The van der Waals surface area contributed by atoms with Gasteiger partial charge in [0.25, 0.3) is 0 Å². The molecule has 0 fully saturated rings. The van der Waals surface area contributed by atoms with Crippen molar-refractivity contribution in [2.24, 2.45) is 5.92 Å². The number of aromatic nitrogens is 4. The van der Waals surface area contributed by atoms with E-state index in [0.29, 0.717) is 16.5 Å². The quantitative estimate of drug-likeness (QED) is 0.348. The van der Waals surface area contributed by atoms with Crippen molar-refractivity contribution in [2.75, 3.05) is 12.9 Å². The highest BCUT2D eigenvalue weighted by atomic mass is 32.2. The van der Waals surface area contributed by atoms with Gasteiger partial charge in [0.1, 0.15) is 16.9 Å². The average Bonchev–Trinajstić information content (AvgIpc) is 3.32. The number of thiophene rings is 1. The van der Waals surface area contributed by atoms with Crippen LogP contribution >= 0.6 is 23.1 Å². The Morgan fingerprint density at radius 1 is 1.38 bits per heavy atom. The minimum atomic E-state index is 0.0292. The molecular weight excluding hydrogens is 404 g/mol. The van der Waals surface area contributed by atoms with Crippen LogP contribution in [-0.4, -0.2) is 38.2 Å². The number of Topliss-reactive ketones (excluding diaryl/α,β-unsaturated/α-hetero) is 1. The van der Waals surface area contributed by atoms with Crippen LogP contribution in [0.15, 0.2) is 35.7 Å². The topological polar surface area (TPSA) is 69.4 Å². The third kappa shape index (κ3) is 3.30. The molecule has 3 aromatic heterocycles. The standard InChI is InChI=1S/C21H20N4O2S2/c1-12-6-7-15-17(8-12)29-20-18(15)19-23-24-21(25(19)11-22-20)28-10-16(26)13-4-3-5-14(9-13)27-2/h3-5,9,11-12H,6-8,10H2,1-2H3. The first-order chi connectivity index (χ1) is 14.1. The summed E-state index contributed by atoms with van der Waals surface area (Å²) in [6, 6.07) is 7.21. The van der Waals surface area contributed by atoms with Crippen LogP contribution in [-0.2, 0) is 12.8 Å². The number of ketones is 1. The van der Waals surface area contributed by atoms with Gasteiger partial charge in [-0.15, -0.1) is 21.5 Å². The Labute approximate surface area is 176 Å². The minimum Gasteiger partial charge on any atom is -0.497 e. The summed E-state index contributed by atoms with van der Waals surface area (Å²) in [5.74, 6) is 1.71. The van der Waals surface area contributed by atoms with Crippen molar-refractivity contribution in [1.29, 1.82) is 0 Å². The maximum absolute atomic E-state index is 12.6. The van der Waals surface area contributed by atoms with Gasteiger partial charge in [0.15, 0.2) is 16.6 Å². The summed E-state index contributed by atoms with van der Waals surface area (Å²) in [4.78, 5) is 19.7. The van der Waals surface area contributed by atoms with Gasteiger partial charge in [-0.1, -0.05) is 30.8 Å². The first-order valence-electron chi connectivity index (χ1n) is 9.58. The highest BCUT2D eigenvalue weighted by molar-refractivity contribution is 7.99. The maximum atomic E-state index is 12.6. The largest absolute Gasteiger partial charge is 0.497 e. The van der Waals surface area contributed by atoms with Crippen molar-refractivity contribution in [3.63, 3.8) is 0 Å². The van der Waals surface area contributed by atoms with Crippen molar-refractivity contribution in [3.8, 4) is 5.75 Å². The fourth-order valence-corrected chi connectivity index (χ4v) is 5.97. The van der Waals surface area contributed by atoms with Crippen LogP contribution in [0.5, 0.6) is 5.75 Å². The van der Waals surface area contributed by atoms with Crippen molar-refractivity contribution < 1.29 is 9.53 Å². The average molecular weight is 425 g/mol. The number of rotatable bonds is 5. The molecular formula is C21H20N4O2S2. The minimum absolute atomic E-state index is 0.0292. The number of hydrogen-bond donors (Lipinski definition) is 0. The molecule has 1 unspecified atom stereocenters. The molecule has 1 aliphatic carbocycles. The van der Waals surface area contributed by atoms with Crippen LogP contribution in [0.2, 0.25) is 0 Å². The molecule has 0 aliphatic heterocycles. The zero-order valence-corrected chi connectivity index (χ0v) is 17.8. The highest BCUT2D eigenvalue weighted by Gasteiger charge is 2.24. The number of fused-ring (bicyclic) bond motifs is 5. The number of nitrogens with zero attached hydrogens (tertiary/aromatic N) is 4. The van der Waals surface area contributed by atoms with Crippen LogP contribution in [0.3, 0.4) is 0 Å². The molecule has 6 nitrogen and oxygen atoms in total. The van der Waals surface area contributed by atoms with E-state index in [9.17, 15) is 4.79 Å². The van der Waals surface area contributed by atoms with Crippen LogP contribution in [0.25, 0.3) is 15.9 Å². The van der Waals surface area contributed by atoms with E-state index in [2.05, 4.69) is 22.1 Å². The predicted octanol–water partition coefficient (Wildman–Crippen LogP) is 4.45. The van der Waals surface area contributed by atoms with Gasteiger partial charge in [0.2, 0.25) is 0 Å². The maximum Gasteiger partial charge on any atom is 0.197 e. The van der Waals surface area contributed by atoms with E-state index in [1.54, 1.807) is 36.9 Å². The number of thioether (sulfide) groups is 1. The van der Waals surface area contributed by atoms with Gasteiger partial charge in [-0.3, -0.25) is 9.20 Å². The molecule has 0 saturated heterocycles. The van der Waals surface area contributed by atoms with E-state index in [1.165, 1.54) is 28.6 Å². The van der Waals surface area contributed by atoms with E-state index in [4.69, 9.17) is 4.74 Å². The Hall–Kier alpha value is -2.45. The van der Waals surface area contributed by atoms with Gasteiger partial charge in [-0.25, -0.2) is 4.98 Å². The molecule has 3 heterocycles. The highest BCUT2D eigenvalue weighted by Crippen LogP contribution is 2.39. The van der Waals surface area contributed by atoms with E-state index in [0.717, 1.165) is 34.6 Å². The van der Waals surface area contributed by atoms with Gasteiger partial charge in [0.05, 0.1) is 18.2 Å². The molecule has 1 aliphatic rings. The number of aryl methyl sites for hydroxylation is 1. The zero-order chi connectivity index (χ0) is 20.0. The molecule has 0 saturated carbocycles. The lowest BCUT2D eigenvalue weighted by molar-refractivity contribution is 0.102. The molecule has 5 rings (SSSR count). The molecule has 0 spiro atoms. The smallest absolute Gasteiger partial charge is 0.197 e. The molecule has 29 heavy (non-hydrogen) atoms. The fraction of sp³-hybridized carbons (Fsp3) is 0.333. The Balaban J connectivity index is 1.44. The van der Waals surface area contributed by atoms with E-state index in [1.807, 2.05) is 16.5 Å². The Bertz CT molecular complexity index is 1230. The summed E-state index contributed by atoms with van der Waals surface area (Å²) in [6.45, 7) is 2.31. The number of methoxy groups -OCH3 is 1. The summed E-state index contributed by atoms with van der Waals surface area (Å²) in [6.07, 6.45) is 5.17. The van der Waals surface area contributed by atoms with Gasteiger partial charge < -0.3 is 4.74 Å². The third-order valence-corrected chi connectivity index (χ3v) is 7.50. The second-order valence-corrected chi connectivity index (χ2v) is 9.42. The SMILES string of the molecule is COc1cccc(C(=O)CSc2nnc3c4c5c(sc4ncn23)CC(C)CC5)c1. The van der Waals surface area contributed by atoms with E-state index < -0.39 is 0 Å². The molecule has 0 amide bonds.